The lowest BCUT2D eigenvalue weighted by Gasteiger charge is -2.18. The number of carbonyl (C=O) groups excluding carboxylic acids is 1. The maximum absolute atomic E-state index is 13.2. The molecule has 1 amide bonds. The number of amides is 1. The number of aromatic nitrogens is 1. The normalized spacial score (nSPS) is 16.7. The van der Waals surface area contributed by atoms with Crippen LogP contribution >= 0.6 is 0 Å². The van der Waals surface area contributed by atoms with Gasteiger partial charge in [-0.05, 0) is 41.0 Å². The highest BCUT2D eigenvalue weighted by Crippen LogP contribution is 2.30. The lowest BCUT2D eigenvalue weighted by atomic mass is 9.99. The number of rotatable bonds is 3. The number of aliphatic hydroxyl groups is 1. The lowest BCUT2D eigenvalue weighted by Crippen LogP contribution is -2.32. The topological polar surface area (TPSA) is 86.5 Å². The van der Waals surface area contributed by atoms with E-state index in [4.69, 9.17) is 4.74 Å². The van der Waals surface area contributed by atoms with Crippen LogP contribution in [0.1, 0.15) is 11.3 Å². The van der Waals surface area contributed by atoms with Crippen LogP contribution in [-0.4, -0.2) is 33.9 Å². The minimum absolute atomic E-state index is 0.152. The fourth-order valence-corrected chi connectivity index (χ4v) is 3.10. The minimum Gasteiger partial charge on any atom is -0.351 e. The van der Waals surface area contributed by atoms with Crippen molar-refractivity contribution >= 4 is 16.8 Å². The number of fused-ring (bicyclic) bond motifs is 1. The molecule has 1 N–H and O–H groups in total. The molecule has 4 rings (SSSR count). The van der Waals surface area contributed by atoms with Crippen LogP contribution < -0.4 is 0 Å². The van der Waals surface area contributed by atoms with Crippen LogP contribution in [-0.2, 0) is 16.1 Å². The van der Waals surface area contributed by atoms with Crippen molar-refractivity contribution < 1.29 is 19.0 Å². The Balaban J connectivity index is 1.78. The van der Waals surface area contributed by atoms with Gasteiger partial charge in [-0.1, -0.05) is 24.3 Å². The van der Waals surface area contributed by atoms with Crippen LogP contribution in [0.25, 0.3) is 22.0 Å². The van der Waals surface area contributed by atoms with Crippen LogP contribution in [0.3, 0.4) is 0 Å². The Labute approximate surface area is 154 Å². The van der Waals surface area contributed by atoms with Crippen molar-refractivity contribution in [3.05, 3.63) is 65.6 Å². The van der Waals surface area contributed by atoms with Gasteiger partial charge in [0.2, 0.25) is 6.41 Å². The zero-order valence-electron chi connectivity index (χ0n) is 14.1. The molecule has 2 heterocycles. The molecule has 1 atom stereocenters. The van der Waals surface area contributed by atoms with E-state index >= 15 is 0 Å². The van der Waals surface area contributed by atoms with Gasteiger partial charge < -0.3 is 9.84 Å². The molecule has 0 spiro atoms. The first-order valence-electron chi connectivity index (χ1n) is 8.24. The third kappa shape index (κ3) is 3.24. The first-order valence-corrected chi connectivity index (χ1v) is 8.24. The first-order chi connectivity index (χ1) is 13.0. The van der Waals surface area contributed by atoms with E-state index in [-0.39, 0.29) is 30.6 Å². The molecule has 0 radical (unpaired) electrons. The second kappa shape index (κ2) is 6.76. The Morgan fingerprint density at radius 1 is 1.26 bits per heavy atom. The molecular formula is C20H14FN3O3. The quantitative estimate of drug-likeness (QED) is 0.773. The fourth-order valence-electron chi connectivity index (χ4n) is 3.10. The van der Waals surface area contributed by atoms with Crippen molar-refractivity contribution in [3.8, 4) is 17.2 Å². The Hall–Kier alpha value is -3.34. The molecule has 6 nitrogen and oxygen atoms in total. The summed E-state index contributed by atoms with van der Waals surface area (Å²) in [5.74, 6) is -0.635. The summed E-state index contributed by atoms with van der Waals surface area (Å²) in [6.45, 7) is 0.0145. The van der Waals surface area contributed by atoms with Crippen LogP contribution in [0.5, 0.6) is 0 Å². The highest BCUT2D eigenvalue weighted by atomic mass is 19.1. The van der Waals surface area contributed by atoms with Gasteiger partial charge in [-0.3, -0.25) is 9.69 Å². The summed E-state index contributed by atoms with van der Waals surface area (Å²) < 4.78 is 18.1. The van der Waals surface area contributed by atoms with E-state index in [1.54, 1.807) is 24.3 Å². The molecule has 2 aromatic carbocycles. The largest absolute Gasteiger partial charge is 0.351 e. The number of nitriles is 1. The van der Waals surface area contributed by atoms with Crippen molar-refractivity contribution in [2.75, 3.05) is 6.61 Å². The number of ether oxygens (including phenoxy) is 1. The summed E-state index contributed by atoms with van der Waals surface area (Å²) in [4.78, 5) is 17.3. The van der Waals surface area contributed by atoms with Crippen molar-refractivity contribution in [1.29, 1.82) is 5.26 Å². The number of nitrogens with zero attached hydrogens (tertiary/aromatic N) is 3. The van der Waals surface area contributed by atoms with Gasteiger partial charge in [0.15, 0.2) is 0 Å². The molecule has 1 aliphatic heterocycles. The van der Waals surface area contributed by atoms with Gasteiger partial charge in [0, 0.05) is 5.39 Å². The van der Waals surface area contributed by atoms with Crippen LogP contribution in [0.2, 0.25) is 0 Å². The third-order valence-electron chi connectivity index (χ3n) is 4.44. The Morgan fingerprint density at radius 3 is 2.70 bits per heavy atom. The zero-order valence-corrected chi connectivity index (χ0v) is 14.1. The number of aliphatic hydroxyl groups excluding tert-OH is 1. The number of carbonyl (C=O) groups is 1. The van der Waals surface area contributed by atoms with Crippen molar-refractivity contribution in [2.24, 2.45) is 0 Å². The molecule has 3 aromatic rings. The molecule has 0 bridgehead atoms. The van der Waals surface area contributed by atoms with Crippen molar-refractivity contribution in [3.63, 3.8) is 0 Å². The average molecular weight is 363 g/mol. The van der Waals surface area contributed by atoms with Gasteiger partial charge in [-0.2, -0.15) is 5.26 Å². The fraction of sp³-hybridized carbons (Fsp3) is 0.150. The van der Waals surface area contributed by atoms with Crippen molar-refractivity contribution in [1.82, 2.24) is 9.88 Å². The van der Waals surface area contributed by atoms with Gasteiger partial charge in [0.25, 0.3) is 5.91 Å². The SMILES string of the molecule is N#Cc1cc(-c2ccc(F)cc2)c2ccc(CN3C(=O)COC3O)cc2n1. The predicted octanol–water partition coefficient (Wildman–Crippen LogP) is 2.55. The van der Waals surface area contributed by atoms with Gasteiger partial charge in [-0.15, -0.1) is 0 Å². The molecule has 134 valence electrons. The minimum atomic E-state index is -1.26. The molecule has 7 heteroatoms. The van der Waals surface area contributed by atoms with E-state index in [2.05, 4.69) is 4.98 Å². The van der Waals surface area contributed by atoms with Gasteiger partial charge in [0.1, 0.15) is 24.2 Å². The van der Waals surface area contributed by atoms with Crippen LogP contribution in [0, 0.1) is 17.1 Å². The molecule has 0 aliphatic carbocycles. The summed E-state index contributed by atoms with van der Waals surface area (Å²) in [7, 11) is 0. The maximum Gasteiger partial charge on any atom is 0.252 e. The Bertz CT molecular complexity index is 1080. The van der Waals surface area contributed by atoms with Crippen LogP contribution in [0.15, 0.2) is 48.5 Å². The standard InChI is InChI=1S/C20H14FN3O3/c21-14-4-2-13(3-5-14)17-8-15(9-22)23-18-7-12(1-6-16(17)18)10-24-19(25)11-27-20(24)26/h1-8,20,26H,10-11H2. The summed E-state index contributed by atoms with van der Waals surface area (Å²) in [6.07, 6.45) is -1.26. The smallest absolute Gasteiger partial charge is 0.252 e. The number of halogens is 1. The van der Waals surface area contributed by atoms with Crippen molar-refractivity contribution in [2.45, 2.75) is 13.0 Å². The molecule has 0 saturated carbocycles. The van der Waals surface area contributed by atoms with E-state index < -0.39 is 6.41 Å². The van der Waals surface area contributed by atoms with Gasteiger partial charge in [-0.25, -0.2) is 9.37 Å². The lowest BCUT2D eigenvalue weighted by molar-refractivity contribution is -0.149. The molecule has 1 saturated heterocycles. The second-order valence-corrected chi connectivity index (χ2v) is 6.18. The molecule has 1 fully saturated rings. The number of pyridine rings is 1. The van der Waals surface area contributed by atoms with E-state index in [0.29, 0.717) is 5.52 Å². The molecule has 1 aliphatic rings. The highest BCUT2D eigenvalue weighted by molar-refractivity contribution is 5.95. The second-order valence-electron chi connectivity index (χ2n) is 6.18. The highest BCUT2D eigenvalue weighted by Gasteiger charge is 2.30. The van der Waals surface area contributed by atoms with E-state index in [1.807, 2.05) is 18.2 Å². The molecule has 27 heavy (non-hydrogen) atoms. The van der Waals surface area contributed by atoms with E-state index in [9.17, 15) is 19.6 Å². The summed E-state index contributed by atoms with van der Waals surface area (Å²) >= 11 is 0. The zero-order chi connectivity index (χ0) is 19.0. The number of benzene rings is 2. The summed E-state index contributed by atoms with van der Waals surface area (Å²) in [5.41, 5.74) is 3.09. The molecular weight excluding hydrogens is 349 g/mol. The van der Waals surface area contributed by atoms with Gasteiger partial charge >= 0.3 is 0 Å². The monoisotopic (exact) mass is 363 g/mol. The van der Waals surface area contributed by atoms with E-state index in [0.717, 1.165) is 22.1 Å². The Kier molecular flexibility index (Phi) is 4.28. The Morgan fingerprint density at radius 2 is 2.04 bits per heavy atom. The average Bonchev–Trinajstić information content (AvgIpc) is 2.99. The summed E-state index contributed by atoms with van der Waals surface area (Å²) in [6, 6.07) is 15.2. The first kappa shape index (κ1) is 17.1. The molecule has 1 aromatic heterocycles. The number of hydrogen-bond donors (Lipinski definition) is 1. The predicted molar refractivity (Wildman–Crippen MR) is 94.4 cm³/mol. The van der Waals surface area contributed by atoms with Gasteiger partial charge in [0.05, 0.1) is 12.1 Å². The summed E-state index contributed by atoms with van der Waals surface area (Å²) in [5, 5.41) is 19.8. The van der Waals surface area contributed by atoms with Crippen LogP contribution in [0.4, 0.5) is 4.39 Å². The number of hydrogen-bond acceptors (Lipinski definition) is 5. The van der Waals surface area contributed by atoms with E-state index in [1.165, 1.54) is 17.0 Å². The third-order valence-corrected chi connectivity index (χ3v) is 4.44. The molecule has 1 unspecified atom stereocenters. The maximum atomic E-state index is 13.2.